The van der Waals surface area contributed by atoms with E-state index in [1.807, 2.05) is 12.1 Å². The van der Waals surface area contributed by atoms with Crippen molar-refractivity contribution in [1.29, 1.82) is 0 Å². The zero-order valence-electron chi connectivity index (χ0n) is 14.2. The molecule has 0 aliphatic rings. The minimum Gasteiger partial charge on any atom is -0.489 e. The molecule has 138 valence electrons. The summed E-state index contributed by atoms with van der Waals surface area (Å²) in [5, 5.41) is 3.46. The van der Waals surface area contributed by atoms with Crippen molar-refractivity contribution in [2.45, 2.75) is 13.2 Å². The van der Waals surface area contributed by atoms with Crippen LogP contribution in [0.2, 0.25) is 5.02 Å². The van der Waals surface area contributed by atoms with E-state index in [2.05, 4.69) is 5.32 Å². The van der Waals surface area contributed by atoms with E-state index >= 15 is 0 Å². The Labute approximate surface area is 166 Å². The van der Waals surface area contributed by atoms with Gasteiger partial charge in [0.25, 0.3) is 0 Å². The van der Waals surface area contributed by atoms with Crippen molar-refractivity contribution in [3.63, 3.8) is 0 Å². The largest absolute Gasteiger partial charge is 0.489 e. The molecule has 0 saturated carbocycles. The number of ether oxygens (including phenoxy) is 1. The summed E-state index contributed by atoms with van der Waals surface area (Å²) in [7, 11) is 0. The molecule has 0 aromatic heterocycles. The Morgan fingerprint density at radius 2 is 1.67 bits per heavy atom. The van der Waals surface area contributed by atoms with E-state index in [0.717, 1.165) is 11.1 Å². The van der Waals surface area contributed by atoms with E-state index in [4.69, 9.17) is 28.6 Å². The number of nitrogens with one attached hydrogen (secondary N) is 1. The van der Waals surface area contributed by atoms with E-state index in [1.165, 1.54) is 18.2 Å². The van der Waals surface area contributed by atoms with E-state index in [9.17, 15) is 8.78 Å². The summed E-state index contributed by atoms with van der Waals surface area (Å²) in [5.41, 5.74) is 2.07. The van der Waals surface area contributed by atoms with Gasteiger partial charge in [0.15, 0.2) is 0 Å². The van der Waals surface area contributed by atoms with Gasteiger partial charge in [-0.05, 0) is 54.1 Å². The standard InChI is InChI=1S/C21H16ClF2NOS/c22-19-2-1-3-20(24)18(19)13-26-17-10-6-15(7-11-17)21(27)25-12-14-4-8-16(23)9-5-14/h1-11H,12-13H2,(H,25,27). The summed E-state index contributed by atoms with van der Waals surface area (Å²) in [6.07, 6.45) is 0. The van der Waals surface area contributed by atoms with Gasteiger partial charge in [-0.3, -0.25) is 0 Å². The Balaban J connectivity index is 1.56. The maximum absolute atomic E-state index is 13.8. The van der Waals surface area contributed by atoms with Crippen molar-refractivity contribution in [2.75, 3.05) is 0 Å². The first-order valence-corrected chi connectivity index (χ1v) is 9.00. The summed E-state index contributed by atoms with van der Waals surface area (Å²) in [6, 6.07) is 17.9. The molecule has 0 atom stereocenters. The molecule has 0 saturated heterocycles. The van der Waals surface area contributed by atoms with Crippen LogP contribution in [0.4, 0.5) is 8.78 Å². The molecule has 0 fully saturated rings. The van der Waals surface area contributed by atoms with Crippen LogP contribution in [0, 0.1) is 11.6 Å². The van der Waals surface area contributed by atoms with Crippen LogP contribution < -0.4 is 10.1 Å². The summed E-state index contributed by atoms with van der Waals surface area (Å²) in [6.45, 7) is 0.543. The second kappa shape index (κ2) is 8.93. The van der Waals surface area contributed by atoms with Crippen LogP contribution in [-0.4, -0.2) is 4.99 Å². The molecule has 3 aromatic carbocycles. The molecular formula is C21H16ClF2NOS. The van der Waals surface area contributed by atoms with Crippen LogP contribution in [0.1, 0.15) is 16.7 Å². The molecule has 1 N–H and O–H groups in total. The molecule has 3 aromatic rings. The molecule has 0 aliphatic carbocycles. The first kappa shape index (κ1) is 19.3. The smallest absolute Gasteiger partial charge is 0.131 e. The van der Waals surface area contributed by atoms with Crippen molar-refractivity contribution in [1.82, 2.24) is 5.32 Å². The van der Waals surface area contributed by atoms with E-state index in [1.54, 1.807) is 36.4 Å². The van der Waals surface area contributed by atoms with Crippen LogP contribution in [-0.2, 0) is 13.2 Å². The average molecular weight is 404 g/mol. The Morgan fingerprint density at radius 3 is 2.33 bits per heavy atom. The van der Waals surface area contributed by atoms with Crippen LogP contribution in [0.3, 0.4) is 0 Å². The molecular weight excluding hydrogens is 388 g/mol. The molecule has 0 unspecified atom stereocenters. The lowest BCUT2D eigenvalue weighted by Crippen LogP contribution is -2.21. The Morgan fingerprint density at radius 1 is 0.963 bits per heavy atom. The first-order chi connectivity index (χ1) is 13.0. The molecule has 2 nitrogen and oxygen atoms in total. The second-order valence-electron chi connectivity index (χ2n) is 5.82. The summed E-state index contributed by atoms with van der Waals surface area (Å²) in [4.78, 5) is 0.572. The van der Waals surface area contributed by atoms with Gasteiger partial charge in [0.1, 0.15) is 29.0 Å². The third-order valence-electron chi connectivity index (χ3n) is 3.93. The maximum atomic E-state index is 13.8. The summed E-state index contributed by atoms with van der Waals surface area (Å²) in [5.74, 6) is -0.0849. The Bertz CT molecular complexity index is 910. The monoisotopic (exact) mass is 403 g/mol. The Hall–Kier alpha value is -2.50. The topological polar surface area (TPSA) is 21.3 Å². The highest BCUT2D eigenvalue weighted by molar-refractivity contribution is 7.80. The molecule has 0 aliphatic heterocycles. The quantitative estimate of drug-likeness (QED) is 0.536. The Kier molecular flexibility index (Phi) is 6.37. The lowest BCUT2D eigenvalue weighted by molar-refractivity contribution is 0.300. The van der Waals surface area contributed by atoms with Gasteiger partial charge in [-0.25, -0.2) is 8.78 Å². The van der Waals surface area contributed by atoms with Gasteiger partial charge < -0.3 is 10.1 Å². The molecule has 0 heterocycles. The number of thiocarbonyl (C=S) groups is 1. The highest BCUT2D eigenvalue weighted by Crippen LogP contribution is 2.21. The molecule has 27 heavy (non-hydrogen) atoms. The predicted octanol–water partition coefficient (Wildman–Crippen LogP) is 5.66. The zero-order chi connectivity index (χ0) is 19.2. The van der Waals surface area contributed by atoms with Crippen molar-refractivity contribution < 1.29 is 13.5 Å². The summed E-state index contributed by atoms with van der Waals surface area (Å²) >= 11 is 11.4. The number of hydrogen-bond donors (Lipinski definition) is 1. The lowest BCUT2D eigenvalue weighted by atomic mass is 10.2. The van der Waals surface area contributed by atoms with Gasteiger partial charge in [-0.2, -0.15) is 0 Å². The molecule has 0 amide bonds. The number of halogens is 3. The molecule has 0 bridgehead atoms. The van der Waals surface area contributed by atoms with Crippen molar-refractivity contribution in [3.05, 3.63) is 100 Å². The SMILES string of the molecule is Fc1ccc(CNC(=S)c2ccc(OCc3c(F)cccc3Cl)cc2)cc1. The van der Waals surface area contributed by atoms with E-state index < -0.39 is 5.82 Å². The predicted molar refractivity (Wildman–Crippen MR) is 107 cm³/mol. The number of benzene rings is 3. The molecule has 6 heteroatoms. The van der Waals surface area contributed by atoms with Gasteiger partial charge in [0.05, 0.1) is 5.02 Å². The number of hydrogen-bond acceptors (Lipinski definition) is 2. The normalized spacial score (nSPS) is 10.5. The fourth-order valence-corrected chi connectivity index (χ4v) is 2.84. The molecule has 0 spiro atoms. The molecule has 0 radical (unpaired) electrons. The van der Waals surface area contributed by atoms with Gasteiger partial charge in [-0.15, -0.1) is 0 Å². The van der Waals surface area contributed by atoms with E-state index in [-0.39, 0.29) is 12.4 Å². The van der Waals surface area contributed by atoms with Crippen LogP contribution in [0.15, 0.2) is 66.7 Å². The summed E-state index contributed by atoms with van der Waals surface area (Å²) < 4.78 is 32.3. The van der Waals surface area contributed by atoms with Gasteiger partial charge >= 0.3 is 0 Å². The van der Waals surface area contributed by atoms with Crippen molar-refractivity contribution >= 4 is 28.8 Å². The lowest BCUT2D eigenvalue weighted by Gasteiger charge is -2.11. The third kappa shape index (κ3) is 5.25. The third-order valence-corrected chi connectivity index (χ3v) is 4.66. The fourth-order valence-electron chi connectivity index (χ4n) is 2.41. The number of rotatable bonds is 6. The van der Waals surface area contributed by atoms with E-state index in [0.29, 0.717) is 27.9 Å². The highest BCUT2D eigenvalue weighted by atomic mass is 35.5. The van der Waals surface area contributed by atoms with Crippen molar-refractivity contribution in [3.8, 4) is 5.75 Å². The van der Waals surface area contributed by atoms with Crippen LogP contribution in [0.25, 0.3) is 0 Å². The maximum Gasteiger partial charge on any atom is 0.131 e. The fraction of sp³-hybridized carbons (Fsp3) is 0.0952. The first-order valence-electron chi connectivity index (χ1n) is 8.21. The highest BCUT2D eigenvalue weighted by Gasteiger charge is 2.08. The molecule has 3 rings (SSSR count). The average Bonchev–Trinajstić information content (AvgIpc) is 2.67. The van der Waals surface area contributed by atoms with Crippen LogP contribution >= 0.6 is 23.8 Å². The zero-order valence-corrected chi connectivity index (χ0v) is 15.8. The van der Waals surface area contributed by atoms with Gasteiger partial charge in [0, 0.05) is 17.7 Å². The van der Waals surface area contributed by atoms with Crippen LogP contribution in [0.5, 0.6) is 5.75 Å². The second-order valence-corrected chi connectivity index (χ2v) is 6.64. The minimum absolute atomic E-state index is 0.0398. The minimum atomic E-state index is -0.398. The van der Waals surface area contributed by atoms with Crippen molar-refractivity contribution in [2.24, 2.45) is 0 Å². The van der Waals surface area contributed by atoms with Gasteiger partial charge in [-0.1, -0.05) is 42.0 Å². The van der Waals surface area contributed by atoms with Gasteiger partial charge in [0.2, 0.25) is 0 Å².